The first-order valence-electron chi connectivity index (χ1n) is 3.69. The highest BCUT2D eigenvalue weighted by Crippen LogP contribution is 1.88. The molecule has 0 amide bonds. The third kappa shape index (κ3) is 7.30. The van der Waals surface area contributed by atoms with Crippen molar-refractivity contribution in [2.24, 2.45) is 5.11 Å². The van der Waals surface area contributed by atoms with E-state index in [-0.39, 0.29) is 13.2 Å². The summed E-state index contributed by atoms with van der Waals surface area (Å²) in [6.07, 6.45) is -0.888. The first-order valence-corrected chi connectivity index (χ1v) is 3.69. The molecule has 1 unspecified atom stereocenters. The van der Waals surface area contributed by atoms with Crippen LogP contribution >= 0.6 is 0 Å². The van der Waals surface area contributed by atoms with Crippen LogP contribution in [0.1, 0.15) is 6.92 Å². The first kappa shape index (κ1) is 11.2. The summed E-state index contributed by atoms with van der Waals surface area (Å²) >= 11 is 0. The van der Waals surface area contributed by atoms with E-state index >= 15 is 0 Å². The van der Waals surface area contributed by atoms with Gasteiger partial charge in [0.05, 0.1) is 13.2 Å². The monoisotopic (exact) mass is 175 g/mol. The molecule has 12 heavy (non-hydrogen) atoms. The molecule has 0 rings (SSSR count). The smallest absolute Gasteiger partial charge is 0.178 e. The molecule has 0 aliphatic rings. The van der Waals surface area contributed by atoms with Crippen LogP contribution in [0.4, 0.5) is 0 Å². The van der Waals surface area contributed by atoms with E-state index in [1.807, 2.05) is 0 Å². The Morgan fingerprint density at radius 3 is 3.00 bits per heavy atom. The second kappa shape index (κ2) is 8.29. The van der Waals surface area contributed by atoms with Crippen LogP contribution in [0.25, 0.3) is 10.4 Å². The third-order valence-corrected chi connectivity index (χ3v) is 1.02. The van der Waals surface area contributed by atoms with Gasteiger partial charge >= 0.3 is 0 Å². The van der Waals surface area contributed by atoms with Gasteiger partial charge in [-0.3, -0.25) is 0 Å². The molecule has 0 aromatic rings. The maximum Gasteiger partial charge on any atom is 0.178 e. The van der Waals surface area contributed by atoms with Crippen molar-refractivity contribution in [2.75, 3.05) is 26.4 Å². The Morgan fingerprint density at radius 2 is 2.42 bits per heavy atom. The molecule has 1 N–H and O–H groups in total. The van der Waals surface area contributed by atoms with Crippen molar-refractivity contribution < 1.29 is 14.6 Å². The molecule has 0 spiro atoms. The lowest BCUT2D eigenvalue weighted by Gasteiger charge is -2.09. The molecule has 0 bridgehead atoms. The summed E-state index contributed by atoms with van der Waals surface area (Å²) in [6, 6.07) is 0. The molecule has 0 aromatic carbocycles. The Bertz CT molecular complexity index is 147. The van der Waals surface area contributed by atoms with E-state index in [0.717, 1.165) is 0 Å². The van der Waals surface area contributed by atoms with Crippen LogP contribution in [0.15, 0.2) is 5.11 Å². The zero-order valence-corrected chi connectivity index (χ0v) is 7.01. The van der Waals surface area contributed by atoms with Crippen molar-refractivity contribution in [3.8, 4) is 0 Å². The van der Waals surface area contributed by atoms with E-state index in [2.05, 4.69) is 10.0 Å². The zero-order valence-electron chi connectivity index (χ0n) is 7.01. The highest BCUT2D eigenvalue weighted by atomic mass is 16.6. The van der Waals surface area contributed by atoms with E-state index in [0.29, 0.717) is 13.2 Å². The summed E-state index contributed by atoms with van der Waals surface area (Å²) in [6.45, 7) is 2.91. The van der Waals surface area contributed by atoms with Crippen LogP contribution in [0.5, 0.6) is 0 Å². The average Bonchev–Trinajstić information content (AvgIpc) is 2.05. The van der Waals surface area contributed by atoms with E-state index in [1.54, 1.807) is 6.92 Å². The SMILES string of the molecule is CCOC(O)COCCN=[N+]=[N-]. The van der Waals surface area contributed by atoms with E-state index in [9.17, 15) is 0 Å². The molecular formula is C6H13N3O3. The standard InChI is InChI=1S/C6H13N3O3/c1-2-12-6(10)5-11-4-3-8-9-7/h6,10H,2-5H2,1H3. The van der Waals surface area contributed by atoms with Crippen LogP contribution < -0.4 is 0 Å². The van der Waals surface area contributed by atoms with Gasteiger partial charge in [-0.1, -0.05) is 5.11 Å². The van der Waals surface area contributed by atoms with Crippen molar-refractivity contribution in [1.82, 2.24) is 0 Å². The van der Waals surface area contributed by atoms with E-state index in [4.69, 9.17) is 20.1 Å². The number of aliphatic hydroxyl groups excluding tert-OH is 1. The summed E-state index contributed by atoms with van der Waals surface area (Å²) < 4.78 is 9.69. The van der Waals surface area contributed by atoms with Crippen LogP contribution in [0.3, 0.4) is 0 Å². The van der Waals surface area contributed by atoms with Gasteiger partial charge in [-0.05, 0) is 12.5 Å². The molecule has 0 saturated carbocycles. The predicted molar refractivity (Wildman–Crippen MR) is 42.5 cm³/mol. The average molecular weight is 175 g/mol. The number of hydrogen-bond acceptors (Lipinski definition) is 4. The topological polar surface area (TPSA) is 87.5 Å². The fraction of sp³-hybridized carbons (Fsp3) is 1.00. The minimum Gasteiger partial charge on any atom is -0.376 e. The normalized spacial score (nSPS) is 12.2. The van der Waals surface area contributed by atoms with Gasteiger partial charge < -0.3 is 14.6 Å². The molecule has 0 saturated heterocycles. The van der Waals surface area contributed by atoms with Gasteiger partial charge in [-0.2, -0.15) is 0 Å². The van der Waals surface area contributed by atoms with Gasteiger partial charge in [0, 0.05) is 18.1 Å². The van der Waals surface area contributed by atoms with Gasteiger partial charge in [0.2, 0.25) is 0 Å². The summed E-state index contributed by atoms with van der Waals surface area (Å²) in [5.74, 6) is 0. The van der Waals surface area contributed by atoms with Crippen LogP contribution in [-0.4, -0.2) is 37.8 Å². The number of rotatable bonds is 7. The highest BCUT2D eigenvalue weighted by Gasteiger charge is 2.00. The molecular weight excluding hydrogens is 162 g/mol. The molecule has 0 aliphatic heterocycles. The van der Waals surface area contributed by atoms with E-state index in [1.165, 1.54) is 0 Å². The van der Waals surface area contributed by atoms with Crippen LogP contribution in [0, 0.1) is 0 Å². The Hall–Kier alpha value is -0.810. The van der Waals surface area contributed by atoms with Gasteiger partial charge in [0.25, 0.3) is 0 Å². The summed E-state index contributed by atoms with van der Waals surface area (Å²) in [4.78, 5) is 2.54. The highest BCUT2D eigenvalue weighted by molar-refractivity contribution is 4.44. The maximum atomic E-state index is 8.96. The van der Waals surface area contributed by atoms with Gasteiger partial charge in [-0.25, -0.2) is 0 Å². The fourth-order valence-electron chi connectivity index (χ4n) is 0.575. The summed E-state index contributed by atoms with van der Waals surface area (Å²) in [7, 11) is 0. The number of aliphatic hydroxyl groups is 1. The largest absolute Gasteiger partial charge is 0.376 e. The number of ether oxygens (including phenoxy) is 2. The first-order chi connectivity index (χ1) is 5.81. The fourth-order valence-corrected chi connectivity index (χ4v) is 0.575. The lowest BCUT2D eigenvalue weighted by atomic mass is 10.6. The molecule has 0 heterocycles. The second-order valence-corrected chi connectivity index (χ2v) is 1.94. The zero-order chi connectivity index (χ0) is 9.23. The van der Waals surface area contributed by atoms with Gasteiger partial charge in [-0.15, -0.1) is 0 Å². The van der Waals surface area contributed by atoms with E-state index < -0.39 is 6.29 Å². The molecule has 0 aromatic heterocycles. The number of hydrogen-bond donors (Lipinski definition) is 1. The second-order valence-electron chi connectivity index (χ2n) is 1.94. The lowest BCUT2D eigenvalue weighted by molar-refractivity contribution is -0.133. The van der Waals surface area contributed by atoms with Crippen molar-refractivity contribution in [3.05, 3.63) is 10.4 Å². The Morgan fingerprint density at radius 1 is 1.67 bits per heavy atom. The van der Waals surface area contributed by atoms with Crippen molar-refractivity contribution in [2.45, 2.75) is 13.2 Å². The molecule has 0 aliphatic carbocycles. The Kier molecular flexibility index (Phi) is 7.73. The number of nitrogens with zero attached hydrogens (tertiary/aromatic N) is 3. The Balaban J connectivity index is 3.13. The minimum absolute atomic E-state index is 0.106. The van der Waals surface area contributed by atoms with Gasteiger partial charge in [0.15, 0.2) is 6.29 Å². The maximum absolute atomic E-state index is 8.96. The summed E-state index contributed by atoms with van der Waals surface area (Å²) in [5, 5.41) is 12.2. The van der Waals surface area contributed by atoms with Crippen molar-refractivity contribution >= 4 is 0 Å². The van der Waals surface area contributed by atoms with Crippen molar-refractivity contribution in [1.29, 1.82) is 0 Å². The third-order valence-electron chi connectivity index (χ3n) is 1.02. The molecule has 1 atom stereocenters. The van der Waals surface area contributed by atoms with Crippen LogP contribution in [0.2, 0.25) is 0 Å². The van der Waals surface area contributed by atoms with Gasteiger partial charge in [0.1, 0.15) is 0 Å². The predicted octanol–water partition coefficient (Wildman–Crippen LogP) is 0.668. The van der Waals surface area contributed by atoms with Crippen LogP contribution in [-0.2, 0) is 9.47 Å². The molecule has 6 nitrogen and oxygen atoms in total. The number of azide groups is 1. The lowest BCUT2D eigenvalue weighted by Crippen LogP contribution is -2.19. The molecule has 0 radical (unpaired) electrons. The summed E-state index contributed by atoms with van der Waals surface area (Å²) in [5.41, 5.74) is 7.89. The molecule has 6 heteroatoms. The molecule has 70 valence electrons. The molecule has 0 fully saturated rings. The van der Waals surface area contributed by atoms with Crippen molar-refractivity contribution in [3.63, 3.8) is 0 Å². The minimum atomic E-state index is -0.888. The quantitative estimate of drug-likeness (QED) is 0.203. The Labute approximate surface area is 70.7 Å².